The van der Waals surface area contributed by atoms with Crippen LogP contribution in [0.1, 0.15) is 24.4 Å². The van der Waals surface area contributed by atoms with Crippen molar-refractivity contribution in [2.45, 2.75) is 24.9 Å². The van der Waals surface area contributed by atoms with Gasteiger partial charge in [-0.3, -0.25) is 4.90 Å². The van der Waals surface area contributed by atoms with Crippen LogP contribution in [0.2, 0.25) is 0 Å². The smallest absolute Gasteiger partial charge is 0.408 e. The van der Waals surface area contributed by atoms with Crippen LogP contribution >= 0.6 is 0 Å². The van der Waals surface area contributed by atoms with Crippen LogP contribution in [-0.4, -0.2) is 33.2 Å². The molecule has 0 bridgehead atoms. The van der Waals surface area contributed by atoms with Crippen molar-refractivity contribution in [3.05, 3.63) is 35.1 Å². The third kappa shape index (κ3) is 2.17. The molecule has 1 aliphatic heterocycles. The number of amides is 1. The molecule has 20 heavy (non-hydrogen) atoms. The molecule has 1 aromatic carbocycles. The van der Waals surface area contributed by atoms with Crippen molar-refractivity contribution in [1.29, 1.82) is 0 Å². The largest absolute Gasteiger partial charge is 0.480 e. The van der Waals surface area contributed by atoms with E-state index in [1.165, 1.54) is 0 Å². The average molecular weight is 289 g/mol. The van der Waals surface area contributed by atoms with Gasteiger partial charge in [0.15, 0.2) is 17.5 Å². The van der Waals surface area contributed by atoms with Crippen molar-refractivity contribution in [1.82, 2.24) is 4.90 Å². The zero-order chi connectivity index (χ0) is 15.0. The molecule has 0 aromatic heterocycles. The van der Waals surface area contributed by atoms with Crippen molar-refractivity contribution in [3.63, 3.8) is 0 Å². The van der Waals surface area contributed by atoms with E-state index in [1.807, 2.05) is 0 Å². The molecule has 5 nitrogen and oxygen atoms in total. The minimum atomic E-state index is -1.70. The summed E-state index contributed by atoms with van der Waals surface area (Å²) in [4.78, 5) is 22.7. The van der Waals surface area contributed by atoms with Crippen LogP contribution in [0.15, 0.2) is 12.1 Å². The Kier molecular flexibility index (Phi) is 3.56. The van der Waals surface area contributed by atoms with Gasteiger partial charge in [0, 0.05) is 5.56 Å². The van der Waals surface area contributed by atoms with Crippen LogP contribution in [0.4, 0.5) is 18.0 Å². The predicted molar refractivity (Wildman–Crippen MR) is 59.6 cm³/mol. The molecular formula is C12H10F3NO4. The predicted octanol–water partition coefficient (Wildman–Crippen LogP) is 2.37. The maximum Gasteiger partial charge on any atom is 0.408 e. The lowest BCUT2D eigenvalue weighted by atomic mass is 10.0. The van der Waals surface area contributed by atoms with Crippen LogP contribution in [0, 0.1) is 17.5 Å². The van der Waals surface area contributed by atoms with Crippen LogP contribution in [0.25, 0.3) is 0 Å². The fourth-order valence-corrected chi connectivity index (χ4v) is 2.42. The molecule has 8 heteroatoms. The van der Waals surface area contributed by atoms with Gasteiger partial charge in [0.05, 0.1) is 6.04 Å². The van der Waals surface area contributed by atoms with E-state index in [9.17, 15) is 22.8 Å². The van der Waals surface area contributed by atoms with E-state index in [-0.39, 0.29) is 18.4 Å². The lowest BCUT2D eigenvalue weighted by Crippen LogP contribution is -2.41. The number of carboxylic acids is 1. The van der Waals surface area contributed by atoms with E-state index in [4.69, 9.17) is 10.2 Å². The molecule has 1 saturated heterocycles. The highest BCUT2D eigenvalue weighted by Gasteiger charge is 2.43. The van der Waals surface area contributed by atoms with Crippen molar-refractivity contribution in [2.75, 3.05) is 0 Å². The molecule has 0 unspecified atom stereocenters. The molecular weight excluding hydrogens is 279 g/mol. The number of hydrogen-bond acceptors (Lipinski definition) is 2. The van der Waals surface area contributed by atoms with Gasteiger partial charge in [-0.05, 0) is 18.9 Å². The van der Waals surface area contributed by atoms with Gasteiger partial charge < -0.3 is 10.2 Å². The van der Waals surface area contributed by atoms with Crippen molar-refractivity contribution in [2.24, 2.45) is 0 Å². The Balaban J connectivity index is 2.45. The summed E-state index contributed by atoms with van der Waals surface area (Å²) in [5.41, 5.74) is -0.366. The molecule has 0 saturated carbocycles. The summed E-state index contributed by atoms with van der Waals surface area (Å²) in [5, 5.41) is 18.0. The quantitative estimate of drug-likeness (QED) is 0.819. The summed E-state index contributed by atoms with van der Waals surface area (Å²) >= 11 is 0. The molecule has 1 fully saturated rings. The fourth-order valence-electron chi connectivity index (χ4n) is 2.42. The number of hydrogen-bond donors (Lipinski definition) is 2. The number of rotatable bonds is 2. The van der Waals surface area contributed by atoms with Gasteiger partial charge in [-0.2, -0.15) is 0 Å². The lowest BCUT2D eigenvalue weighted by molar-refractivity contribution is -0.142. The monoisotopic (exact) mass is 289 g/mol. The number of carboxylic acid groups (broad SMARTS) is 2. The van der Waals surface area contributed by atoms with E-state index in [1.54, 1.807) is 0 Å². The molecule has 0 spiro atoms. The first kappa shape index (κ1) is 14.2. The van der Waals surface area contributed by atoms with Crippen LogP contribution in [0.3, 0.4) is 0 Å². The number of benzene rings is 1. The highest BCUT2D eigenvalue weighted by molar-refractivity contribution is 5.80. The molecule has 0 aliphatic carbocycles. The van der Waals surface area contributed by atoms with Gasteiger partial charge in [0.1, 0.15) is 6.04 Å². The van der Waals surface area contributed by atoms with Gasteiger partial charge in [-0.15, -0.1) is 0 Å². The number of carbonyl (C=O) groups is 2. The van der Waals surface area contributed by atoms with E-state index >= 15 is 0 Å². The number of halogens is 3. The van der Waals surface area contributed by atoms with Crippen molar-refractivity contribution in [3.8, 4) is 0 Å². The normalized spacial score (nSPS) is 22.1. The van der Waals surface area contributed by atoms with E-state index in [0.29, 0.717) is 11.0 Å². The molecule has 1 aromatic rings. The molecule has 2 atom stereocenters. The first-order chi connectivity index (χ1) is 9.34. The van der Waals surface area contributed by atoms with Crippen molar-refractivity contribution < 1.29 is 33.0 Å². The Labute approximate surface area is 111 Å². The highest BCUT2D eigenvalue weighted by atomic mass is 19.2. The summed E-state index contributed by atoms with van der Waals surface area (Å²) in [6, 6.07) is -0.866. The maximum absolute atomic E-state index is 13.7. The van der Waals surface area contributed by atoms with Crippen LogP contribution in [0.5, 0.6) is 0 Å². The summed E-state index contributed by atoms with van der Waals surface area (Å²) in [7, 11) is 0. The van der Waals surface area contributed by atoms with Gasteiger partial charge in [0.25, 0.3) is 0 Å². The Morgan fingerprint density at radius 3 is 2.30 bits per heavy atom. The van der Waals surface area contributed by atoms with E-state index in [0.717, 1.165) is 6.07 Å². The van der Waals surface area contributed by atoms with Crippen molar-refractivity contribution >= 4 is 12.1 Å². The zero-order valence-corrected chi connectivity index (χ0v) is 10.0. The van der Waals surface area contributed by atoms with E-state index < -0.39 is 41.6 Å². The van der Waals surface area contributed by atoms with Gasteiger partial charge in [-0.25, -0.2) is 22.8 Å². The minimum absolute atomic E-state index is 0.0191. The van der Waals surface area contributed by atoms with Gasteiger partial charge >= 0.3 is 12.1 Å². The third-order valence-electron chi connectivity index (χ3n) is 3.32. The number of aliphatic carboxylic acids is 1. The highest BCUT2D eigenvalue weighted by Crippen LogP contribution is 2.38. The molecule has 0 radical (unpaired) electrons. The minimum Gasteiger partial charge on any atom is -0.480 e. The molecule has 1 aliphatic rings. The molecule has 1 heterocycles. The number of nitrogens with zero attached hydrogens (tertiary/aromatic N) is 1. The second kappa shape index (κ2) is 5.03. The average Bonchev–Trinajstić information content (AvgIpc) is 2.81. The van der Waals surface area contributed by atoms with Gasteiger partial charge in [0.2, 0.25) is 0 Å². The Hall–Kier alpha value is -2.25. The Morgan fingerprint density at radius 1 is 1.10 bits per heavy atom. The Morgan fingerprint density at radius 2 is 1.75 bits per heavy atom. The van der Waals surface area contributed by atoms with Gasteiger partial charge in [-0.1, -0.05) is 6.07 Å². The SMILES string of the molecule is O=C(O)[C@H]1CC[C@@H](c2ccc(F)c(F)c2F)N1C(=O)O. The molecule has 2 N–H and O–H groups in total. The topological polar surface area (TPSA) is 77.8 Å². The second-order valence-corrected chi connectivity index (χ2v) is 4.40. The van der Waals surface area contributed by atoms with Crippen LogP contribution < -0.4 is 0 Å². The molecule has 2 rings (SSSR count). The van der Waals surface area contributed by atoms with E-state index in [2.05, 4.69) is 0 Å². The second-order valence-electron chi connectivity index (χ2n) is 4.40. The summed E-state index contributed by atoms with van der Waals surface area (Å²) in [6.07, 6.45) is -1.56. The number of likely N-dealkylation sites (tertiary alicyclic amines) is 1. The zero-order valence-electron chi connectivity index (χ0n) is 10.0. The lowest BCUT2D eigenvalue weighted by Gasteiger charge is -2.25. The summed E-state index contributed by atoms with van der Waals surface area (Å²) < 4.78 is 39.8. The first-order valence-corrected chi connectivity index (χ1v) is 5.72. The molecule has 108 valence electrons. The van der Waals surface area contributed by atoms with Crippen LogP contribution in [-0.2, 0) is 4.79 Å². The maximum atomic E-state index is 13.7. The molecule has 1 amide bonds. The first-order valence-electron chi connectivity index (χ1n) is 5.72. The summed E-state index contributed by atoms with van der Waals surface area (Å²) in [5.74, 6) is -5.95. The standard InChI is InChI=1S/C12H10F3NO4/c13-6-2-1-5(9(14)10(6)15)7-3-4-8(11(17)18)16(7)12(19)20/h1-2,7-8H,3-4H2,(H,17,18)(H,19,20)/t7-,8+/m0/s1. The third-order valence-corrected chi connectivity index (χ3v) is 3.32. The Bertz CT molecular complexity index is 578. The summed E-state index contributed by atoms with van der Waals surface area (Å²) in [6.45, 7) is 0. The fraction of sp³-hybridized carbons (Fsp3) is 0.333.